The minimum Gasteiger partial charge on any atom is -0.309 e. The van der Waals surface area contributed by atoms with Crippen LogP contribution < -0.4 is 5.32 Å². The van der Waals surface area contributed by atoms with Gasteiger partial charge < -0.3 is 5.32 Å². The van der Waals surface area contributed by atoms with Crippen LogP contribution in [0, 0.1) is 0 Å². The van der Waals surface area contributed by atoms with Crippen molar-refractivity contribution >= 4 is 22.9 Å². The van der Waals surface area contributed by atoms with E-state index in [4.69, 9.17) is 11.6 Å². The van der Waals surface area contributed by atoms with Crippen LogP contribution in [0.3, 0.4) is 0 Å². The molecule has 0 saturated carbocycles. The Morgan fingerprint density at radius 2 is 2.41 bits per heavy atom. The molecule has 1 atom stereocenters. The minimum absolute atomic E-state index is 0.349. The number of thiophene rings is 1. The summed E-state index contributed by atoms with van der Waals surface area (Å²) < 4.78 is 0.843. The van der Waals surface area contributed by atoms with E-state index in [0.29, 0.717) is 6.04 Å². The third-order valence-electron chi connectivity index (χ3n) is 2.53. The molecule has 0 bridgehead atoms. The van der Waals surface area contributed by atoms with Crippen LogP contribution in [0.4, 0.5) is 0 Å². The van der Waals surface area contributed by atoms with E-state index in [1.807, 2.05) is 6.07 Å². The van der Waals surface area contributed by atoms with E-state index in [9.17, 15) is 0 Å². The Kier molecular flexibility index (Phi) is 4.53. The molecular weight excluding hydrogens is 256 g/mol. The van der Waals surface area contributed by atoms with Gasteiger partial charge in [0.15, 0.2) is 0 Å². The van der Waals surface area contributed by atoms with Crippen molar-refractivity contribution in [2.45, 2.75) is 25.8 Å². The smallest absolute Gasteiger partial charge is 0.137 e. The molecule has 92 valence electrons. The van der Waals surface area contributed by atoms with Crippen LogP contribution in [-0.4, -0.2) is 21.7 Å². The van der Waals surface area contributed by atoms with Gasteiger partial charge >= 0.3 is 0 Å². The Labute approximate surface area is 109 Å². The predicted octanol–water partition coefficient (Wildman–Crippen LogP) is 2.80. The van der Waals surface area contributed by atoms with Crippen molar-refractivity contribution in [3.05, 3.63) is 33.5 Å². The molecule has 17 heavy (non-hydrogen) atoms. The van der Waals surface area contributed by atoms with Crippen molar-refractivity contribution in [1.82, 2.24) is 20.5 Å². The predicted molar refractivity (Wildman–Crippen MR) is 70.5 cm³/mol. The molecule has 0 aliphatic rings. The zero-order valence-corrected chi connectivity index (χ0v) is 11.2. The molecule has 2 aromatic heterocycles. The summed E-state index contributed by atoms with van der Waals surface area (Å²) in [5.74, 6) is 0.943. The number of nitrogens with zero attached hydrogens (tertiary/aromatic N) is 2. The van der Waals surface area contributed by atoms with Gasteiger partial charge in [0.25, 0.3) is 0 Å². The van der Waals surface area contributed by atoms with Crippen LogP contribution in [0.5, 0.6) is 0 Å². The lowest BCUT2D eigenvalue weighted by atomic mass is 10.2. The first-order chi connectivity index (χ1) is 8.25. The van der Waals surface area contributed by atoms with Gasteiger partial charge in [0.2, 0.25) is 0 Å². The van der Waals surface area contributed by atoms with E-state index in [2.05, 4.69) is 33.5 Å². The van der Waals surface area contributed by atoms with Crippen LogP contribution in [0.25, 0.3) is 0 Å². The summed E-state index contributed by atoms with van der Waals surface area (Å²) in [7, 11) is 0. The molecule has 0 spiro atoms. The molecule has 6 heteroatoms. The number of hydrogen-bond acceptors (Lipinski definition) is 4. The first-order valence-corrected chi connectivity index (χ1v) is 6.78. The Morgan fingerprint density at radius 1 is 1.53 bits per heavy atom. The molecule has 0 saturated heterocycles. The van der Waals surface area contributed by atoms with Crippen LogP contribution >= 0.6 is 22.9 Å². The van der Waals surface area contributed by atoms with Crippen LogP contribution in [0.2, 0.25) is 4.34 Å². The fourth-order valence-corrected chi connectivity index (χ4v) is 2.67. The first-order valence-electron chi connectivity index (χ1n) is 5.58. The Balaban J connectivity index is 1.68. The third-order valence-corrected chi connectivity index (χ3v) is 3.94. The largest absolute Gasteiger partial charge is 0.309 e. The monoisotopic (exact) mass is 270 g/mol. The highest BCUT2D eigenvalue weighted by molar-refractivity contribution is 7.16. The fourth-order valence-electron chi connectivity index (χ4n) is 1.59. The van der Waals surface area contributed by atoms with Gasteiger partial charge in [0.05, 0.1) is 4.34 Å². The average molecular weight is 271 g/mol. The van der Waals surface area contributed by atoms with Gasteiger partial charge in [0, 0.05) is 17.3 Å². The van der Waals surface area contributed by atoms with E-state index < -0.39 is 0 Å². The Hall–Kier alpha value is -0.910. The standard InChI is InChI=1S/C11H15ClN4S/c1-8(9-4-5-10(12)17-9)13-6-2-3-11-14-7-15-16-11/h4-5,7-8,13H,2-3,6H2,1H3,(H,14,15,16). The van der Waals surface area contributed by atoms with Crippen molar-refractivity contribution < 1.29 is 0 Å². The summed E-state index contributed by atoms with van der Waals surface area (Å²) in [6, 6.07) is 4.36. The first kappa shape index (κ1) is 12.5. The summed E-state index contributed by atoms with van der Waals surface area (Å²) in [6.07, 6.45) is 3.50. The highest BCUT2D eigenvalue weighted by Crippen LogP contribution is 2.26. The summed E-state index contributed by atoms with van der Waals surface area (Å²) in [5, 5.41) is 10.1. The highest BCUT2D eigenvalue weighted by atomic mass is 35.5. The molecule has 0 aliphatic heterocycles. The van der Waals surface area contributed by atoms with E-state index >= 15 is 0 Å². The van der Waals surface area contributed by atoms with E-state index in [1.54, 1.807) is 17.7 Å². The maximum absolute atomic E-state index is 5.90. The topological polar surface area (TPSA) is 53.6 Å². The second-order valence-corrected chi connectivity index (χ2v) is 5.60. The lowest BCUT2D eigenvalue weighted by molar-refractivity contribution is 0.561. The van der Waals surface area contributed by atoms with Gasteiger partial charge in [-0.25, -0.2) is 4.98 Å². The number of rotatable bonds is 6. The molecule has 2 N–H and O–H groups in total. The van der Waals surface area contributed by atoms with Gasteiger partial charge in [-0.1, -0.05) is 11.6 Å². The van der Waals surface area contributed by atoms with Gasteiger partial charge in [-0.2, -0.15) is 5.10 Å². The van der Waals surface area contributed by atoms with Gasteiger partial charge in [-0.15, -0.1) is 11.3 Å². The number of hydrogen-bond donors (Lipinski definition) is 2. The summed E-state index contributed by atoms with van der Waals surface area (Å²) >= 11 is 7.53. The average Bonchev–Trinajstić information content (AvgIpc) is 2.95. The second-order valence-electron chi connectivity index (χ2n) is 3.85. The summed E-state index contributed by atoms with van der Waals surface area (Å²) in [4.78, 5) is 5.36. The molecule has 0 amide bonds. The van der Waals surface area contributed by atoms with Crippen LogP contribution in [-0.2, 0) is 6.42 Å². The number of nitrogens with one attached hydrogen (secondary N) is 2. The van der Waals surface area contributed by atoms with Crippen molar-refractivity contribution in [1.29, 1.82) is 0 Å². The molecule has 4 nitrogen and oxygen atoms in total. The summed E-state index contributed by atoms with van der Waals surface area (Å²) in [6.45, 7) is 3.11. The summed E-state index contributed by atoms with van der Waals surface area (Å²) in [5.41, 5.74) is 0. The van der Waals surface area contributed by atoms with Crippen LogP contribution in [0.15, 0.2) is 18.5 Å². The van der Waals surface area contributed by atoms with Crippen molar-refractivity contribution in [3.8, 4) is 0 Å². The molecule has 2 rings (SSSR count). The molecule has 1 unspecified atom stereocenters. The van der Waals surface area contributed by atoms with E-state index in [1.165, 1.54) is 4.88 Å². The normalized spacial score (nSPS) is 12.8. The maximum Gasteiger partial charge on any atom is 0.137 e. The second kappa shape index (κ2) is 6.14. The highest BCUT2D eigenvalue weighted by Gasteiger charge is 2.07. The van der Waals surface area contributed by atoms with Crippen LogP contribution in [0.1, 0.15) is 30.1 Å². The molecule has 0 radical (unpaired) electrons. The molecule has 0 aromatic carbocycles. The lowest BCUT2D eigenvalue weighted by Gasteiger charge is -2.11. The third kappa shape index (κ3) is 3.80. The van der Waals surface area contributed by atoms with Gasteiger partial charge in [0.1, 0.15) is 12.2 Å². The number of aromatic amines is 1. The number of halogens is 1. The lowest BCUT2D eigenvalue weighted by Crippen LogP contribution is -2.19. The minimum atomic E-state index is 0.349. The Bertz CT molecular complexity index is 440. The number of aryl methyl sites for hydroxylation is 1. The fraction of sp³-hybridized carbons (Fsp3) is 0.455. The molecule has 0 fully saturated rings. The van der Waals surface area contributed by atoms with E-state index in [0.717, 1.165) is 29.5 Å². The SMILES string of the molecule is CC(NCCCc1ncn[nH]1)c1ccc(Cl)s1. The number of aromatic nitrogens is 3. The van der Waals surface area contributed by atoms with Crippen molar-refractivity contribution in [3.63, 3.8) is 0 Å². The van der Waals surface area contributed by atoms with Gasteiger partial charge in [-0.05, 0) is 32.0 Å². The zero-order chi connectivity index (χ0) is 12.1. The molecular formula is C11H15ClN4S. The van der Waals surface area contributed by atoms with E-state index in [-0.39, 0.29) is 0 Å². The van der Waals surface area contributed by atoms with Gasteiger partial charge in [-0.3, -0.25) is 5.10 Å². The van der Waals surface area contributed by atoms with Crippen molar-refractivity contribution in [2.75, 3.05) is 6.54 Å². The molecule has 0 aliphatic carbocycles. The quantitative estimate of drug-likeness (QED) is 0.794. The van der Waals surface area contributed by atoms with Crippen molar-refractivity contribution in [2.24, 2.45) is 0 Å². The Morgan fingerprint density at radius 3 is 3.06 bits per heavy atom. The molecule has 2 heterocycles. The molecule has 2 aromatic rings. The number of H-pyrrole nitrogens is 1. The maximum atomic E-state index is 5.90. The zero-order valence-electron chi connectivity index (χ0n) is 9.61.